The Balaban J connectivity index is 3.16. The van der Waals surface area contributed by atoms with Crippen LogP contribution in [0.15, 0.2) is 6.20 Å². The van der Waals surface area contributed by atoms with Gasteiger partial charge in [0.1, 0.15) is 5.82 Å². The van der Waals surface area contributed by atoms with Crippen LogP contribution >= 0.6 is 0 Å². The predicted molar refractivity (Wildman–Crippen MR) is 82.1 cm³/mol. The van der Waals surface area contributed by atoms with Gasteiger partial charge in [-0.1, -0.05) is 20.8 Å². The molecule has 5 nitrogen and oxygen atoms in total. The molecule has 0 radical (unpaired) electrons. The Labute approximate surface area is 121 Å². The Morgan fingerprint density at radius 1 is 1.35 bits per heavy atom. The van der Waals surface area contributed by atoms with Crippen molar-refractivity contribution < 1.29 is 4.79 Å². The van der Waals surface area contributed by atoms with Crippen molar-refractivity contribution in [2.45, 2.75) is 53.0 Å². The lowest BCUT2D eigenvalue weighted by Crippen LogP contribution is -2.34. The van der Waals surface area contributed by atoms with E-state index in [1.54, 1.807) is 18.1 Å². The lowest BCUT2D eigenvalue weighted by atomic mass is 10.2. The zero-order chi connectivity index (χ0) is 15.3. The van der Waals surface area contributed by atoms with Gasteiger partial charge in [-0.05, 0) is 20.3 Å². The standard InChI is InChI=1S/C15H26N4O/c1-7-8-16-12-9-17-14(10(2)3)18-13(12)15(20)19(6)11(4)5/h9-11,16H,7-8H2,1-6H3. The highest BCUT2D eigenvalue weighted by atomic mass is 16.2. The van der Waals surface area contributed by atoms with Crippen molar-refractivity contribution in [3.05, 3.63) is 17.7 Å². The van der Waals surface area contributed by atoms with Gasteiger partial charge in [0, 0.05) is 25.6 Å². The number of rotatable bonds is 6. The third kappa shape index (κ3) is 3.92. The van der Waals surface area contributed by atoms with Crippen molar-refractivity contribution in [1.29, 1.82) is 0 Å². The number of aromatic nitrogens is 2. The van der Waals surface area contributed by atoms with Crippen LogP contribution in [-0.2, 0) is 0 Å². The second-order valence-corrected chi connectivity index (χ2v) is 5.58. The number of hydrogen-bond donors (Lipinski definition) is 1. The number of nitrogens with one attached hydrogen (secondary N) is 1. The van der Waals surface area contributed by atoms with Crippen LogP contribution in [0.3, 0.4) is 0 Å². The van der Waals surface area contributed by atoms with E-state index in [1.165, 1.54) is 0 Å². The molecule has 0 unspecified atom stereocenters. The molecule has 0 aromatic carbocycles. The fourth-order valence-electron chi connectivity index (χ4n) is 1.63. The minimum absolute atomic E-state index is 0.0668. The van der Waals surface area contributed by atoms with Crippen molar-refractivity contribution in [3.63, 3.8) is 0 Å². The third-order valence-electron chi connectivity index (χ3n) is 3.19. The Hall–Kier alpha value is -1.65. The first-order chi connectivity index (χ1) is 9.38. The van der Waals surface area contributed by atoms with Crippen LogP contribution in [0.1, 0.15) is 63.3 Å². The van der Waals surface area contributed by atoms with Gasteiger partial charge >= 0.3 is 0 Å². The molecule has 0 atom stereocenters. The fraction of sp³-hybridized carbons (Fsp3) is 0.667. The van der Waals surface area contributed by atoms with Crippen molar-refractivity contribution in [3.8, 4) is 0 Å². The van der Waals surface area contributed by atoms with E-state index in [2.05, 4.69) is 22.2 Å². The van der Waals surface area contributed by atoms with Crippen LogP contribution in [0.4, 0.5) is 5.69 Å². The van der Waals surface area contributed by atoms with Gasteiger partial charge in [0.15, 0.2) is 5.69 Å². The molecular formula is C15H26N4O. The van der Waals surface area contributed by atoms with Gasteiger partial charge in [-0.2, -0.15) is 0 Å². The molecule has 0 saturated heterocycles. The van der Waals surface area contributed by atoms with E-state index >= 15 is 0 Å². The molecular weight excluding hydrogens is 252 g/mol. The van der Waals surface area contributed by atoms with Crippen LogP contribution in [0.5, 0.6) is 0 Å². The van der Waals surface area contributed by atoms with Crippen molar-refractivity contribution in [2.24, 2.45) is 0 Å². The SMILES string of the molecule is CCCNc1cnc(C(C)C)nc1C(=O)N(C)C(C)C. The lowest BCUT2D eigenvalue weighted by molar-refractivity contribution is 0.0749. The summed E-state index contributed by atoms with van der Waals surface area (Å²) in [5.74, 6) is 0.835. The molecule has 1 rings (SSSR count). The maximum atomic E-state index is 12.5. The van der Waals surface area contributed by atoms with Gasteiger partial charge in [0.2, 0.25) is 0 Å². The molecule has 0 bridgehead atoms. The van der Waals surface area contributed by atoms with E-state index in [0.717, 1.165) is 13.0 Å². The van der Waals surface area contributed by atoms with E-state index in [4.69, 9.17) is 0 Å². The van der Waals surface area contributed by atoms with Crippen LogP contribution in [-0.4, -0.2) is 40.4 Å². The molecule has 1 aromatic rings. The molecule has 0 saturated carbocycles. The first-order valence-corrected chi connectivity index (χ1v) is 7.26. The topological polar surface area (TPSA) is 58.1 Å². The van der Waals surface area contributed by atoms with Gasteiger partial charge in [-0.3, -0.25) is 4.79 Å². The summed E-state index contributed by atoms with van der Waals surface area (Å²) < 4.78 is 0. The zero-order valence-corrected chi connectivity index (χ0v) is 13.4. The molecule has 1 heterocycles. The predicted octanol–water partition coefficient (Wildman–Crippen LogP) is 2.90. The highest BCUT2D eigenvalue weighted by molar-refractivity contribution is 5.97. The summed E-state index contributed by atoms with van der Waals surface area (Å²) >= 11 is 0. The van der Waals surface area contributed by atoms with E-state index < -0.39 is 0 Å². The maximum absolute atomic E-state index is 12.5. The summed E-state index contributed by atoms with van der Waals surface area (Å²) in [6.45, 7) is 10.9. The van der Waals surface area contributed by atoms with Crippen LogP contribution in [0, 0.1) is 0 Å². The van der Waals surface area contributed by atoms with Gasteiger partial charge in [-0.25, -0.2) is 9.97 Å². The molecule has 0 aliphatic heterocycles. The number of amides is 1. The largest absolute Gasteiger partial charge is 0.382 e. The number of carbonyl (C=O) groups is 1. The van der Waals surface area contributed by atoms with Crippen molar-refractivity contribution in [1.82, 2.24) is 14.9 Å². The minimum atomic E-state index is -0.0668. The molecule has 1 amide bonds. The summed E-state index contributed by atoms with van der Waals surface area (Å²) in [4.78, 5) is 23.0. The molecule has 20 heavy (non-hydrogen) atoms. The molecule has 1 N–H and O–H groups in total. The van der Waals surface area contributed by atoms with E-state index in [1.807, 2.05) is 27.7 Å². The minimum Gasteiger partial charge on any atom is -0.382 e. The van der Waals surface area contributed by atoms with Crippen molar-refractivity contribution >= 4 is 11.6 Å². The Bertz CT molecular complexity index is 457. The normalized spacial score (nSPS) is 11.0. The molecule has 0 fully saturated rings. The third-order valence-corrected chi connectivity index (χ3v) is 3.19. The van der Waals surface area contributed by atoms with E-state index in [0.29, 0.717) is 17.2 Å². The average Bonchev–Trinajstić information content (AvgIpc) is 2.42. The van der Waals surface area contributed by atoms with E-state index in [-0.39, 0.29) is 17.9 Å². The highest BCUT2D eigenvalue weighted by Gasteiger charge is 2.21. The molecule has 0 aliphatic rings. The van der Waals surface area contributed by atoms with Gasteiger partial charge in [0.25, 0.3) is 5.91 Å². The Kier molecular flexibility index (Phi) is 5.92. The number of hydrogen-bond acceptors (Lipinski definition) is 4. The Morgan fingerprint density at radius 2 is 2.00 bits per heavy atom. The van der Waals surface area contributed by atoms with E-state index in [9.17, 15) is 4.79 Å². The highest BCUT2D eigenvalue weighted by Crippen LogP contribution is 2.18. The quantitative estimate of drug-likeness (QED) is 0.869. The first-order valence-electron chi connectivity index (χ1n) is 7.26. The molecule has 0 spiro atoms. The molecule has 5 heteroatoms. The average molecular weight is 278 g/mol. The second kappa shape index (κ2) is 7.22. The smallest absolute Gasteiger partial charge is 0.274 e. The van der Waals surface area contributed by atoms with Gasteiger partial charge in [0.05, 0.1) is 11.9 Å². The van der Waals surface area contributed by atoms with Gasteiger partial charge in [-0.15, -0.1) is 0 Å². The molecule has 0 aliphatic carbocycles. The molecule has 112 valence electrons. The lowest BCUT2D eigenvalue weighted by Gasteiger charge is -2.22. The van der Waals surface area contributed by atoms with Crippen LogP contribution < -0.4 is 5.32 Å². The summed E-state index contributed by atoms with van der Waals surface area (Å²) in [7, 11) is 1.80. The second-order valence-electron chi connectivity index (χ2n) is 5.58. The summed E-state index contributed by atoms with van der Waals surface area (Å²) in [6.07, 6.45) is 2.71. The van der Waals surface area contributed by atoms with Crippen LogP contribution in [0.2, 0.25) is 0 Å². The summed E-state index contributed by atoms with van der Waals surface area (Å²) in [5.41, 5.74) is 1.18. The molecule has 1 aromatic heterocycles. The zero-order valence-electron chi connectivity index (χ0n) is 13.4. The number of anilines is 1. The Morgan fingerprint density at radius 3 is 2.50 bits per heavy atom. The monoisotopic (exact) mass is 278 g/mol. The maximum Gasteiger partial charge on any atom is 0.274 e. The number of nitrogens with zero attached hydrogens (tertiary/aromatic N) is 3. The van der Waals surface area contributed by atoms with Crippen LogP contribution in [0.25, 0.3) is 0 Å². The summed E-state index contributed by atoms with van der Waals surface area (Å²) in [6, 6.07) is 0.138. The van der Waals surface area contributed by atoms with Gasteiger partial charge < -0.3 is 10.2 Å². The summed E-state index contributed by atoms with van der Waals surface area (Å²) in [5, 5.41) is 3.23. The fourth-order valence-corrected chi connectivity index (χ4v) is 1.63. The van der Waals surface area contributed by atoms with Crippen molar-refractivity contribution in [2.75, 3.05) is 18.9 Å². The first kappa shape index (κ1) is 16.4. The number of carbonyl (C=O) groups excluding carboxylic acids is 1.